The zero-order chi connectivity index (χ0) is 15.0. The minimum atomic E-state index is -3.47. The highest BCUT2D eigenvalue weighted by Crippen LogP contribution is 2.41. The van der Waals surface area contributed by atoms with Gasteiger partial charge in [-0.15, -0.1) is 11.3 Å². The van der Waals surface area contributed by atoms with Crippen molar-refractivity contribution in [1.29, 1.82) is 0 Å². The summed E-state index contributed by atoms with van der Waals surface area (Å²) in [5, 5.41) is 0. The van der Waals surface area contributed by atoms with Crippen LogP contribution < -0.4 is 10.0 Å². The van der Waals surface area contributed by atoms with E-state index in [1.807, 2.05) is 37.3 Å². The van der Waals surface area contributed by atoms with E-state index in [0.29, 0.717) is 17.3 Å². The Morgan fingerprint density at radius 1 is 1.29 bits per heavy atom. The number of hydrogen-bond acceptors (Lipinski definition) is 4. The van der Waals surface area contributed by atoms with E-state index in [-0.39, 0.29) is 5.92 Å². The van der Waals surface area contributed by atoms with Crippen LogP contribution in [0.25, 0.3) is 0 Å². The van der Waals surface area contributed by atoms with Crippen LogP contribution in [0.15, 0.2) is 40.6 Å². The molecule has 2 N–H and O–H groups in total. The minimum Gasteiger partial charge on any atom is -0.330 e. The molecule has 1 aromatic heterocycles. The lowest BCUT2D eigenvalue weighted by Crippen LogP contribution is -2.29. The van der Waals surface area contributed by atoms with Gasteiger partial charge in [-0.2, -0.15) is 0 Å². The van der Waals surface area contributed by atoms with Gasteiger partial charge in [-0.1, -0.05) is 18.2 Å². The maximum atomic E-state index is 12.9. The van der Waals surface area contributed by atoms with E-state index >= 15 is 0 Å². The first-order chi connectivity index (χ1) is 10.0. The lowest BCUT2D eigenvalue weighted by atomic mass is 9.98. The van der Waals surface area contributed by atoms with Crippen molar-refractivity contribution >= 4 is 27.0 Å². The number of hydrogen-bond donors (Lipinski definition) is 1. The molecular formula is C15H18N2O2S2. The molecule has 1 aliphatic rings. The SMILES string of the molecule is Cc1ccc(S(=O)(=O)N2CC(CCN)c3ccccc32)s1. The summed E-state index contributed by atoms with van der Waals surface area (Å²) in [5.41, 5.74) is 7.55. The van der Waals surface area contributed by atoms with E-state index < -0.39 is 10.0 Å². The van der Waals surface area contributed by atoms with Crippen molar-refractivity contribution in [3.8, 4) is 0 Å². The van der Waals surface area contributed by atoms with Crippen LogP contribution in [-0.2, 0) is 10.0 Å². The number of anilines is 1. The van der Waals surface area contributed by atoms with Crippen LogP contribution in [0, 0.1) is 6.92 Å². The summed E-state index contributed by atoms with van der Waals surface area (Å²) in [6, 6.07) is 11.2. The molecule has 21 heavy (non-hydrogen) atoms. The van der Waals surface area contributed by atoms with E-state index in [1.165, 1.54) is 15.6 Å². The number of nitrogens with zero attached hydrogens (tertiary/aromatic N) is 1. The predicted octanol–water partition coefficient (Wildman–Crippen LogP) is 2.70. The van der Waals surface area contributed by atoms with Crippen LogP contribution in [0.3, 0.4) is 0 Å². The number of thiophene rings is 1. The van der Waals surface area contributed by atoms with Gasteiger partial charge in [0.2, 0.25) is 0 Å². The molecule has 4 nitrogen and oxygen atoms in total. The summed E-state index contributed by atoms with van der Waals surface area (Å²) in [5.74, 6) is 0.182. The van der Waals surface area contributed by atoms with Crippen molar-refractivity contribution in [2.75, 3.05) is 17.4 Å². The summed E-state index contributed by atoms with van der Waals surface area (Å²) >= 11 is 1.32. The molecule has 6 heteroatoms. The standard InChI is InChI=1S/C15H18N2O2S2/c1-11-6-7-15(20-11)21(18,19)17-10-12(8-9-16)13-4-2-3-5-14(13)17/h2-7,12H,8-10,16H2,1H3. The first-order valence-electron chi connectivity index (χ1n) is 6.92. The Kier molecular flexibility index (Phi) is 3.77. The van der Waals surface area contributed by atoms with Gasteiger partial charge in [0.25, 0.3) is 10.0 Å². The normalized spacial score (nSPS) is 18.0. The smallest absolute Gasteiger partial charge is 0.273 e. The third-order valence-corrected chi connectivity index (χ3v) is 7.05. The molecule has 0 saturated heterocycles. The third-order valence-electron chi connectivity index (χ3n) is 3.81. The summed E-state index contributed by atoms with van der Waals surface area (Å²) in [7, 11) is -3.47. The number of para-hydroxylation sites is 1. The Bertz CT molecular complexity index is 753. The van der Waals surface area contributed by atoms with Gasteiger partial charge in [0.1, 0.15) is 4.21 Å². The largest absolute Gasteiger partial charge is 0.330 e. The van der Waals surface area contributed by atoms with Crippen LogP contribution in [0.2, 0.25) is 0 Å². The lowest BCUT2D eigenvalue weighted by Gasteiger charge is -2.19. The number of aryl methyl sites for hydroxylation is 1. The van der Waals surface area contributed by atoms with Crippen LogP contribution in [-0.4, -0.2) is 21.5 Å². The van der Waals surface area contributed by atoms with Crippen molar-refractivity contribution in [2.24, 2.45) is 5.73 Å². The Balaban J connectivity index is 2.04. The highest BCUT2D eigenvalue weighted by molar-refractivity contribution is 7.94. The summed E-state index contributed by atoms with van der Waals surface area (Å²) in [6.45, 7) is 2.96. The van der Waals surface area contributed by atoms with Gasteiger partial charge in [0.05, 0.1) is 5.69 Å². The van der Waals surface area contributed by atoms with Gasteiger partial charge >= 0.3 is 0 Å². The Hall–Kier alpha value is -1.37. The molecular weight excluding hydrogens is 304 g/mol. The first kappa shape index (κ1) is 14.6. The molecule has 2 heterocycles. The Morgan fingerprint density at radius 3 is 2.71 bits per heavy atom. The molecule has 0 fully saturated rings. The van der Waals surface area contributed by atoms with Gasteiger partial charge in [-0.05, 0) is 43.7 Å². The second-order valence-corrected chi connectivity index (χ2v) is 8.61. The van der Waals surface area contributed by atoms with E-state index in [0.717, 1.165) is 22.5 Å². The number of fused-ring (bicyclic) bond motifs is 1. The van der Waals surface area contributed by atoms with Crippen molar-refractivity contribution in [1.82, 2.24) is 0 Å². The van der Waals surface area contributed by atoms with Crippen LogP contribution >= 0.6 is 11.3 Å². The van der Waals surface area contributed by atoms with Gasteiger partial charge < -0.3 is 5.73 Å². The Labute approximate surface area is 129 Å². The zero-order valence-electron chi connectivity index (χ0n) is 11.8. The monoisotopic (exact) mass is 322 g/mol. The molecule has 3 rings (SSSR count). The summed E-state index contributed by atoms with van der Waals surface area (Å²) in [4.78, 5) is 1.000. The van der Waals surface area contributed by atoms with Gasteiger partial charge in [0.15, 0.2) is 0 Å². The molecule has 1 aliphatic heterocycles. The molecule has 112 valence electrons. The Morgan fingerprint density at radius 2 is 2.05 bits per heavy atom. The summed E-state index contributed by atoms with van der Waals surface area (Å²) < 4.78 is 27.7. The van der Waals surface area contributed by atoms with Crippen LogP contribution in [0.1, 0.15) is 22.8 Å². The number of nitrogens with two attached hydrogens (primary N) is 1. The highest BCUT2D eigenvalue weighted by Gasteiger charge is 2.36. The minimum absolute atomic E-state index is 0.182. The van der Waals surface area contributed by atoms with E-state index in [1.54, 1.807) is 6.07 Å². The fraction of sp³-hybridized carbons (Fsp3) is 0.333. The quantitative estimate of drug-likeness (QED) is 0.941. The molecule has 1 atom stereocenters. The molecule has 0 radical (unpaired) electrons. The molecule has 1 aromatic carbocycles. The van der Waals surface area contributed by atoms with Crippen molar-refractivity contribution in [3.63, 3.8) is 0 Å². The van der Waals surface area contributed by atoms with E-state index in [2.05, 4.69) is 0 Å². The second-order valence-electron chi connectivity index (χ2n) is 5.23. The molecule has 1 unspecified atom stereocenters. The second kappa shape index (κ2) is 5.44. The topological polar surface area (TPSA) is 63.4 Å². The van der Waals surface area contributed by atoms with Gasteiger partial charge in [-0.3, -0.25) is 4.31 Å². The predicted molar refractivity (Wildman–Crippen MR) is 86.4 cm³/mol. The number of benzene rings is 1. The van der Waals surface area contributed by atoms with Crippen LogP contribution in [0.5, 0.6) is 0 Å². The van der Waals surface area contributed by atoms with E-state index in [4.69, 9.17) is 5.73 Å². The summed E-state index contributed by atoms with van der Waals surface area (Å²) in [6.07, 6.45) is 0.798. The molecule has 2 aromatic rings. The average Bonchev–Trinajstić information content (AvgIpc) is 3.05. The average molecular weight is 322 g/mol. The third kappa shape index (κ3) is 2.47. The van der Waals surface area contributed by atoms with Crippen LogP contribution in [0.4, 0.5) is 5.69 Å². The molecule has 0 aliphatic carbocycles. The maximum Gasteiger partial charge on any atom is 0.273 e. The molecule has 0 bridgehead atoms. The van der Waals surface area contributed by atoms with Crippen molar-refractivity contribution < 1.29 is 8.42 Å². The highest BCUT2D eigenvalue weighted by atomic mass is 32.2. The number of rotatable bonds is 4. The van der Waals surface area contributed by atoms with Crippen molar-refractivity contribution in [2.45, 2.75) is 23.5 Å². The zero-order valence-corrected chi connectivity index (χ0v) is 13.5. The lowest BCUT2D eigenvalue weighted by molar-refractivity contribution is 0.588. The fourth-order valence-electron chi connectivity index (χ4n) is 2.79. The fourth-order valence-corrected chi connectivity index (χ4v) is 5.73. The maximum absolute atomic E-state index is 12.9. The van der Waals surface area contributed by atoms with Crippen molar-refractivity contribution in [3.05, 3.63) is 46.8 Å². The number of sulfonamides is 1. The van der Waals surface area contributed by atoms with E-state index in [9.17, 15) is 8.42 Å². The molecule has 0 spiro atoms. The first-order valence-corrected chi connectivity index (χ1v) is 9.18. The molecule has 0 amide bonds. The van der Waals surface area contributed by atoms with Gasteiger partial charge in [0, 0.05) is 17.3 Å². The molecule has 0 saturated carbocycles. The van der Waals surface area contributed by atoms with Gasteiger partial charge in [-0.25, -0.2) is 8.42 Å².